The third-order valence-electron chi connectivity index (χ3n) is 2.62. The molecular formula is C12H26N2O3S. The second-order valence-corrected chi connectivity index (χ2v) is 7.19. The smallest absolute Gasteiger partial charge is 0.212 e. The Hall–Kier alpha value is -0.170. The zero-order valence-corrected chi connectivity index (χ0v) is 12.3. The van der Waals surface area contributed by atoms with Crippen LogP contribution >= 0.6 is 0 Å². The van der Waals surface area contributed by atoms with Gasteiger partial charge in [-0.2, -0.15) is 0 Å². The predicted molar refractivity (Wildman–Crippen MR) is 73.1 cm³/mol. The van der Waals surface area contributed by atoms with Crippen molar-refractivity contribution in [1.82, 2.24) is 10.0 Å². The van der Waals surface area contributed by atoms with Crippen molar-refractivity contribution >= 4 is 10.0 Å². The standard InChI is InChI=1S/C12H26N2O3S/c1-11(2)10-17-8-3-6-14-18(15,16)9-7-13-12-4-5-12/h11-14H,3-10H2,1-2H3. The first-order valence-electron chi connectivity index (χ1n) is 6.78. The molecule has 0 radical (unpaired) electrons. The van der Waals surface area contributed by atoms with Crippen LogP contribution in [-0.2, 0) is 14.8 Å². The summed E-state index contributed by atoms with van der Waals surface area (Å²) in [5.41, 5.74) is 0. The maximum Gasteiger partial charge on any atom is 0.212 e. The fourth-order valence-corrected chi connectivity index (χ4v) is 2.46. The molecule has 0 aromatic rings. The van der Waals surface area contributed by atoms with E-state index >= 15 is 0 Å². The normalized spacial score (nSPS) is 16.4. The largest absolute Gasteiger partial charge is 0.381 e. The summed E-state index contributed by atoms with van der Waals surface area (Å²) < 4.78 is 31.1. The first kappa shape index (κ1) is 15.9. The Morgan fingerprint density at radius 2 is 2.00 bits per heavy atom. The average molecular weight is 278 g/mol. The van der Waals surface area contributed by atoms with Crippen molar-refractivity contribution < 1.29 is 13.2 Å². The van der Waals surface area contributed by atoms with Gasteiger partial charge < -0.3 is 10.1 Å². The SMILES string of the molecule is CC(C)COCCCNS(=O)(=O)CCNC1CC1. The van der Waals surface area contributed by atoms with Gasteiger partial charge in [0.15, 0.2) is 0 Å². The van der Waals surface area contributed by atoms with Gasteiger partial charge in [0.05, 0.1) is 5.75 Å². The van der Waals surface area contributed by atoms with Gasteiger partial charge in [-0.05, 0) is 25.2 Å². The van der Waals surface area contributed by atoms with Crippen LogP contribution in [0.5, 0.6) is 0 Å². The molecule has 5 nitrogen and oxygen atoms in total. The van der Waals surface area contributed by atoms with Crippen LogP contribution in [0.2, 0.25) is 0 Å². The van der Waals surface area contributed by atoms with Gasteiger partial charge in [-0.15, -0.1) is 0 Å². The van der Waals surface area contributed by atoms with Crippen LogP contribution in [0.3, 0.4) is 0 Å². The molecule has 108 valence electrons. The van der Waals surface area contributed by atoms with Gasteiger partial charge >= 0.3 is 0 Å². The molecule has 2 N–H and O–H groups in total. The molecule has 18 heavy (non-hydrogen) atoms. The summed E-state index contributed by atoms with van der Waals surface area (Å²) in [6, 6.07) is 0.560. The van der Waals surface area contributed by atoms with E-state index in [1.807, 2.05) is 0 Å². The van der Waals surface area contributed by atoms with Crippen LogP contribution in [-0.4, -0.2) is 46.5 Å². The van der Waals surface area contributed by atoms with Crippen molar-refractivity contribution in [3.8, 4) is 0 Å². The third-order valence-corrected chi connectivity index (χ3v) is 4.01. The zero-order chi connectivity index (χ0) is 13.4. The van der Waals surface area contributed by atoms with Crippen molar-refractivity contribution in [3.63, 3.8) is 0 Å². The average Bonchev–Trinajstić information content (AvgIpc) is 3.06. The molecular weight excluding hydrogens is 252 g/mol. The third kappa shape index (κ3) is 8.85. The summed E-state index contributed by atoms with van der Waals surface area (Å²) in [4.78, 5) is 0. The lowest BCUT2D eigenvalue weighted by molar-refractivity contribution is 0.108. The first-order valence-corrected chi connectivity index (χ1v) is 8.43. The minimum atomic E-state index is -3.12. The molecule has 0 aromatic heterocycles. The quantitative estimate of drug-likeness (QED) is 0.547. The van der Waals surface area contributed by atoms with Crippen molar-refractivity contribution in [3.05, 3.63) is 0 Å². The van der Waals surface area contributed by atoms with Gasteiger partial charge in [-0.1, -0.05) is 13.8 Å². The Balaban J connectivity index is 1.94. The van der Waals surface area contributed by atoms with E-state index in [1.165, 1.54) is 12.8 Å². The summed E-state index contributed by atoms with van der Waals surface area (Å²) in [5, 5.41) is 3.19. The lowest BCUT2D eigenvalue weighted by atomic mass is 10.2. The second-order valence-electron chi connectivity index (χ2n) is 5.26. The molecule has 0 amide bonds. The van der Waals surface area contributed by atoms with Crippen LogP contribution < -0.4 is 10.0 Å². The molecule has 0 aliphatic heterocycles. The Morgan fingerprint density at radius 3 is 2.61 bits per heavy atom. The first-order chi connectivity index (χ1) is 8.49. The fourth-order valence-electron chi connectivity index (χ4n) is 1.48. The molecule has 0 spiro atoms. The van der Waals surface area contributed by atoms with Gasteiger partial charge in [0.2, 0.25) is 10.0 Å². The van der Waals surface area contributed by atoms with Crippen molar-refractivity contribution in [2.24, 2.45) is 5.92 Å². The second kappa shape index (κ2) is 8.09. The van der Waals surface area contributed by atoms with Crippen LogP contribution in [0.4, 0.5) is 0 Å². The van der Waals surface area contributed by atoms with Crippen LogP contribution in [0, 0.1) is 5.92 Å². The molecule has 1 rings (SSSR count). The molecule has 0 aromatic carbocycles. The van der Waals surface area contributed by atoms with E-state index in [1.54, 1.807) is 0 Å². The van der Waals surface area contributed by atoms with Crippen molar-refractivity contribution in [2.75, 3.05) is 32.1 Å². The van der Waals surface area contributed by atoms with Crippen molar-refractivity contribution in [1.29, 1.82) is 0 Å². The molecule has 0 heterocycles. The number of hydrogen-bond acceptors (Lipinski definition) is 4. The van der Waals surface area contributed by atoms with E-state index < -0.39 is 10.0 Å². The molecule has 1 fully saturated rings. The van der Waals surface area contributed by atoms with E-state index in [0.29, 0.717) is 31.7 Å². The van der Waals surface area contributed by atoms with Gasteiger partial charge in [-0.3, -0.25) is 0 Å². The molecule has 0 saturated heterocycles. The van der Waals surface area contributed by atoms with E-state index in [0.717, 1.165) is 13.0 Å². The molecule has 6 heteroatoms. The number of sulfonamides is 1. The minimum Gasteiger partial charge on any atom is -0.381 e. The van der Waals surface area contributed by atoms with Gasteiger partial charge in [0.25, 0.3) is 0 Å². The van der Waals surface area contributed by atoms with Gasteiger partial charge in [0.1, 0.15) is 0 Å². The van der Waals surface area contributed by atoms with E-state index in [4.69, 9.17) is 4.74 Å². The molecule has 1 saturated carbocycles. The monoisotopic (exact) mass is 278 g/mol. The van der Waals surface area contributed by atoms with Gasteiger partial charge in [-0.25, -0.2) is 13.1 Å². The van der Waals surface area contributed by atoms with Crippen LogP contribution in [0.15, 0.2) is 0 Å². The molecule has 1 aliphatic carbocycles. The number of ether oxygens (including phenoxy) is 1. The highest BCUT2D eigenvalue weighted by Gasteiger charge is 2.20. The lowest BCUT2D eigenvalue weighted by Crippen LogP contribution is -2.33. The summed E-state index contributed by atoms with van der Waals surface area (Å²) in [7, 11) is -3.12. The number of hydrogen-bond donors (Lipinski definition) is 2. The zero-order valence-electron chi connectivity index (χ0n) is 11.4. The van der Waals surface area contributed by atoms with E-state index in [2.05, 4.69) is 23.9 Å². The molecule has 0 bridgehead atoms. The maximum atomic E-state index is 11.6. The summed E-state index contributed by atoms with van der Waals surface area (Å²) >= 11 is 0. The lowest BCUT2D eigenvalue weighted by Gasteiger charge is -2.08. The summed E-state index contributed by atoms with van der Waals surface area (Å²) in [6.45, 7) is 6.54. The highest BCUT2D eigenvalue weighted by atomic mass is 32.2. The Kier molecular flexibility index (Phi) is 7.14. The topological polar surface area (TPSA) is 67.4 Å². The molecule has 1 aliphatic rings. The summed E-state index contributed by atoms with van der Waals surface area (Å²) in [6.07, 6.45) is 3.09. The predicted octanol–water partition coefficient (Wildman–Crippen LogP) is 0.721. The Bertz CT molecular complexity index is 313. The Morgan fingerprint density at radius 1 is 1.28 bits per heavy atom. The molecule has 0 unspecified atom stereocenters. The number of nitrogens with one attached hydrogen (secondary N) is 2. The fraction of sp³-hybridized carbons (Fsp3) is 1.00. The van der Waals surface area contributed by atoms with E-state index in [9.17, 15) is 8.42 Å². The minimum absolute atomic E-state index is 0.163. The molecule has 0 atom stereocenters. The number of rotatable bonds is 11. The van der Waals surface area contributed by atoms with Crippen molar-refractivity contribution in [2.45, 2.75) is 39.2 Å². The summed E-state index contributed by atoms with van der Waals surface area (Å²) in [5.74, 6) is 0.686. The van der Waals surface area contributed by atoms with Crippen LogP contribution in [0.25, 0.3) is 0 Å². The van der Waals surface area contributed by atoms with Crippen LogP contribution in [0.1, 0.15) is 33.1 Å². The highest BCUT2D eigenvalue weighted by Crippen LogP contribution is 2.17. The maximum absolute atomic E-state index is 11.6. The Labute approximate surface area is 111 Å². The highest BCUT2D eigenvalue weighted by molar-refractivity contribution is 7.89. The van der Waals surface area contributed by atoms with Gasteiger partial charge in [0, 0.05) is 32.3 Å². The van der Waals surface area contributed by atoms with E-state index in [-0.39, 0.29) is 5.75 Å².